The maximum Gasteiger partial charge on any atom is 0.251 e. The van der Waals surface area contributed by atoms with E-state index in [1.165, 1.54) is 5.56 Å². The highest BCUT2D eigenvalue weighted by atomic mass is 32.1. The lowest BCUT2D eigenvalue weighted by molar-refractivity contribution is -0.141. The molecule has 0 radical (unpaired) electrons. The van der Waals surface area contributed by atoms with E-state index in [0.717, 1.165) is 32.5 Å². The average molecular weight is 294 g/mol. The van der Waals surface area contributed by atoms with Gasteiger partial charge in [-0.1, -0.05) is 0 Å². The van der Waals surface area contributed by atoms with E-state index < -0.39 is 0 Å². The number of likely N-dealkylation sites (tertiary alicyclic amines) is 1. The molecule has 0 bridgehead atoms. The molecule has 1 amide bonds. The molecule has 3 atom stereocenters. The lowest BCUT2D eigenvalue weighted by atomic mass is 9.91. The van der Waals surface area contributed by atoms with Gasteiger partial charge in [0.1, 0.15) is 6.10 Å². The highest BCUT2D eigenvalue weighted by molar-refractivity contribution is 7.07. The first-order valence-corrected chi connectivity index (χ1v) is 8.18. The van der Waals surface area contributed by atoms with Gasteiger partial charge in [-0.25, -0.2) is 0 Å². The Morgan fingerprint density at radius 3 is 3.10 bits per heavy atom. The van der Waals surface area contributed by atoms with Gasteiger partial charge in [-0.2, -0.15) is 11.3 Å². The predicted molar refractivity (Wildman–Crippen MR) is 79.7 cm³/mol. The van der Waals surface area contributed by atoms with Crippen LogP contribution in [0.25, 0.3) is 0 Å². The molecule has 2 fully saturated rings. The lowest BCUT2D eigenvalue weighted by Crippen LogP contribution is -2.42. The van der Waals surface area contributed by atoms with Crippen molar-refractivity contribution >= 4 is 17.2 Å². The van der Waals surface area contributed by atoms with E-state index in [4.69, 9.17) is 4.74 Å². The number of piperidine rings is 1. The second-order valence-corrected chi connectivity index (χ2v) is 6.83. The Balaban J connectivity index is 1.57. The number of carbonyl (C=O) groups is 1. The fourth-order valence-corrected chi connectivity index (χ4v) is 3.89. The third-order valence-electron chi connectivity index (χ3n) is 4.34. The number of fused-ring (bicyclic) bond motifs is 1. The molecular weight excluding hydrogens is 272 g/mol. The highest BCUT2D eigenvalue weighted by Crippen LogP contribution is 2.34. The minimum atomic E-state index is -0.221. The van der Waals surface area contributed by atoms with E-state index >= 15 is 0 Å². The number of thiophene rings is 1. The fourth-order valence-electron chi connectivity index (χ4n) is 3.23. The standard InChI is InChI=1S/C15H22N2O2S/c1-16(2)15(18)13-7-12-3-5-17(9-14(12)19-13)8-11-4-6-20-10-11/h4,6,10,12-14H,3,5,7-9H2,1-2H3/t12-,13+,14+/m0/s1. The number of nitrogens with zero attached hydrogens (tertiary/aromatic N) is 2. The van der Waals surface area contributed by atoms with Crippen molar-refractivity contribution in [3.05, 3.63) is 22.4 Å². The number of likely N-dealkylation sites (N-methyl/N-ethyl adjacent to an activating group) is 1. The van der Waals surface area contributed by atoms with Crippen LogP contribution in [0.1, 0.15) is 18.4 Å². The number of hydrogen-bond acceptors (Lipinski definition) is 4. The predicted octanol–water partition coefficient (Wildman–Crippen LogP) is 1.82. The van der Waals surface area contributed by atoms with Gasteiger partial charge in [0.2, 0.25) is 0 Å². The average Bonchev–Trinajstić information content (AvgIpc) is 3.06. The van der Waals surface area contributed by atoms with Crippen LogP contribution in [0.5, 0.6) is 0 Å². The Kier molecular flexibility index (Phi) is 4.10. The topological polar surface area (TPSA) is 32.8 Å². The van der Waals surface area contributed by atoms with Gasteiger partial charge < -0.3 is 9.64 Å². The first-order valence-electron chi connectivity index (χ1n) is 7.23. The van der Waals surface area contributed by atoms with Crippen LogP contribution >= 0.6 is 11.3 Å². The molecule has 0 aromatic carbocycles. The molecular formula is C15H22N2O2S. The molecule has 1 aromatic rings. The van der Waals surface area contributed by atoms with E-state index in [-0.39, 0.29) is 18.1 Å². The second kappa shape index (κ2) is 5.84. The molecule has 3 rings (SSSR count). The first-order chi connectivity index (χ1) is 9.63. The van der Waals surface area contributed by atoms with Crippen LogP contribution in [0.2, 0.25) is 0 Å². The molecule has 0 saturated carbocycles. The molecule has 2 aliphatic rings. The summed E-state index contributed by atoms with van der Waals surface area (Å²) in [6.07, 6.45) is 2.05. The molecule has 5 heteroatoms. The van der Waals surface area contributed by atoms with Gasteiger partial charge in [-0.15, -0.1) is 0 Å². The molecule has 110 valence electrons. The molecule has 20 heavy (non-hydrogen) atoms. The lowest BCUT2D eigenvalue weighted by Gasteiger charge is -2.33. The van der Waals surface area contributed by atoms with Gasteiger partial charge >= 0.3 is 0 Å². The van der Waals surface area contributed by atoms with Crippen molar-refractivity contribution < 1.29 is 9.53 Å². The Morgan fingerprint density at radius 2 is 2.40 bits per heavy atom. The van der Waals surface area contributed by atoms with Crippen molar-refractivity contribution in [2.24, 2.45) is 5.92 Å². The molecule has 0 unspecified atom stereocenters. The van der Waals surface area contributed by atoms with Crippen molar-refractivity contribution in [2.45, 2.75) is 31.6 Å². The van der Waals surface area contributed by atoms with Crippen LogP contribution < -0.4 is 0 Å². The molecule has 0 spiro atoms. The normalized spacial score (nSPS) is 30.2. The zero-order valence-corrected chi connectivity index (χ0v) is 12.9. The van der Waals surface area contributed by atoms with E-state index in [2.05, 4.69) is 21.7 Å². The zero-order chi connectivity index (χ0) is 14.1. The van der Waals surface area contributed by atoms with Crippen LogP contribution in [0, 0.1) is 5.92 Å². The quantitative estimate of drug-likeness (QED) is 0.852. The maximum absolute atomic E-state index is 12.0. The summed E-state index contributed by atoms with van der Waals surface area (Å²) in [6.45, 7) is 3.07. The molecule has 0 aliphatic carbocycles. The van der Waals surface area contributed by atoms with Crippen LogP contribution in [0.15, 0.2) is 16.8 Å². The summed E-state index contributed by atoms with van der Waals surface area (Å²) in [5.41, 5.74) is 1.38. The summed E-state index contributed by atoms with van der Waals surface area (Å²) in [5.74, 6) is 0.673. The summed E-state index contributed by atoms with van der Waals surface area (Å²) >= 11 is 1.75. The van der Waals surface area contributed by atoms with E-state index in [9.17, 15) is 4.79 Å². The van der Waals surface area contributed by atoms with Gasteiger partial charge in [0, 0.05) is 27.2 Å². The summed E-state index contributed by atoms with van der Waals surface area (Å²) in [4.78, 5) is 16.1. The van der Waals surface area contributed by atoms with E-state index in [1.54, 1.807) is 30.3 Å². The zero-order valence-electron chi connectivity index (χ0n) is 12.1. The van der Waals surface area contributed by atoms with Crippen LogP contribution in [-0.4, -0.2) is 55.1 Å². The maximum atomic E-state index is 12.0. The van der Waals surface area contributed by atoms with E-state index in [1.807, 2.05) is 0 Å². The van der Waals surface area contributed by atoms with Gasteiger partial charge in [-0.3, -0.25) is 9.69 Å². The summed E-state index contributed by atoms with van der Waals surface area (Å²) in [6, 6.07) is 2.19. The highest BCUT2D eigenvalue weighted by Gasteiger charge is 2.42. The molecule has 3 heterocycles. The van der Waals surface area contributed by atoms with Crippen molar-refractivity contribution in [1.29, 1.82) is 0 Å². The largest absolute Gasteiger partial charge is 0.364 e. The molecule has 1 aromatic heterocycles. The number of hydrogen-bond donors (Lipinski definition) is 0. The van der Waals surface area contributed by atoms with Crippen molar-refractivity contribution in [1.82, 2.24) is 9.80 Å². The van der Waals surface area contributed by atoms with Crippen LogP contribution in [0.4, 0.5) is 0 Å². The van der Waals surface area contributed by atoms with Gasteiger partial charge in [-0.05, 0) is 47.7 Å². The van der Waals surface area contributed by atoms with Crippen molar-refractivity contribution in [3.63, 3.8) is 0 Å². The van der Waals surface area contributed by atoms with E-state index in [0.29, 0.717) is 5.92 Å². The number of rotatable bonds is 3. The van der Waals surface area contributed by atoms with Crippen molar-refractivity contribution in [2.75, 3.05) is 27.2 Å². The second-order valence-electron chi connectivity index (χ2n) is 6.05. The number of amides is 1. The SMILES string of the molecule is CN(C)C(=O)[C@H]1C[C@@H]2CCN(Cc3ccsc3)C[C@H]2O1. The summed E-state index contributed by atoms with van der Waals surface area (Å²) < 4.78 is 6.01. The van der Waals surface area contributed by atoms with Gasteiger partial charge in [0.25, 0.3) is 5.91 Å². The number of carbonyl (C=O) groups excluding carboxylic acids is 1. The molecule has 4 nitrogen and oxygen atoms in total. The minimum absolute atomic E-state index is 0.115. The van der Waals surface area contributed by atoms with Crippen molar-refractivity contribution in [3.8, 4) is 0 Å². The molecule has 2 aliphatic heterocycles. The fraction of sp³-hybridized carbons (Fsp3) is 0.667. The Bertz CT molecular complexity index is 460. The Labute approximate surface area is 124 Å². The molecule has 0 N–H and O–H groups in total. The monoisotopic (exact) mass is 294 g/mol. The summed E-state index contributed by atoms with van der Waals surface area (Å²) in [7, 11) is 3.60. The smallest absolute Gasteiger partial charge is 0.251 e. The number of ether oxygens (including phenoxy) is 1. The van der Waals surface area contributed by atoms with Crippen LogP contribution in [0.3, 0.4) is 0 Å². The summed E-state index contributed by atoms with van der Waals surface area (Å²) in [5, 5.41) is 4.33. The van der Waals surface area contributed by atoms with Gasteiger partial charge in [0.15, 0.2) is 0 Å². The minimum Gasteiger partial charge on any atom is -0.364 e. The molecule has 2 saturated heterocycles. The third kappa shape index (κ3) is 2.90. The van der Waals surface area contributed by atoms with Crippen LogP contribution in [-0.2, 0) is 16.1 Å². The van der Waals surface area contributed by atoms with Gasteiger partial charge in [0.05, 0.1) is 6.10 Å². The Morgan fingerprint density at radius 1 is 1.55 bits per heavy atom. The third-order valence-corrected chi connectivity index (χ3v) is 5.07. The first kappa shape index (κ1) is 14.0. The Hall–Kier alpha value is -0.910.